The monoisotopic (exact) mass is 544 g/mol. The lowest BCUT2D eigenvalue weighted by molar-refractivity contribution is -0.120. The second-order valence-corrected chi connectivity index (χ2v) is 12.1. The van der Waals surface area contributed by atoms with Crippen molar-refractivity contribution in [1.29, 1.82) is 5.26 Å². The lowest BCUT2D eigenvalue weighted by Gasteiger charge is -2.49. The molecule has 5 rings (SSSR count). The van der Waals surface area contributed by atoms with Crippen molar-refractivity contribution in [3.63, 3.8) is 0 Å². The third-order valence-electron chi connectivity index (χ3n) is 7.73. The zero-order valence-corrected chi connectivity index (χ0v) is 22.8. The molecule has 1 amide bonds. The first-order chi connectivity index (χ1) is 17.1. The summed E-state index contributed by atoms with van der Waals surface area (Å²) in [6.45, 7) is 3.35. The largest absolute Gasteiger partial charge is 0.487 e. The summed E-state index contributed by atoms with van der Waals surface area (Å²) in [5, 5.41) is 12.2. The molecule has 0 radical (unpaired) electrons. The van der Waals surface area contributed by atoms with Gasteiger partial charge in [0.05, 0.1) is 23.9 Å². The number of amides is 1. The average Bonchev–Trinajstić information content (AvgIpc) is 2.83. The number of piperidine rings is 1. The number of nitriles is 1. The summed E-state index contributed by atoms with van der Waals surface area (Å²) in [6, 6.07) is 13.8. The Morgan fingerprint density at radius 2 is 1.92 bits per heavy atom. The first-order valence-electron chi connectivity index (χ1n) is 12.5. The second kappa shape index (κ2) is 10.5. The van der Waals surface area contributed by atoms with Crippen molar-refractivity contribution < 1.29 is 17.9 Å². The highest BCUT2D eigenvalue weighted by Gasteiger charge is 2.44. The first-order valence-corrected chi connectivity index (χ1v) is 14.4. The lowest BCUT2D eigenvalue weighted by Crippen LogP contribution is -2.54. The van der Waals surface area contributed by atoms with Crippen LogP contribution in [-0.4, -0.2) is 50.2 Å². The van der Waals surface area contributed by atoms with Gasteiger partial charge in [0.2, 0.25) is 15.9 Å². The van der Waals surface area contributed by atoms with Crippen molar-refractivity contribution in [2.45, 2.75) is 63.1 Å². The van der Waals surface area contributed by atoms with E-state index in [4.69, 9.17) is 4.74 Å². The van der Waals surface area contributed by atoms with E-state index in [0.29, 0.717) is 23.9 Å². The molecule has 2 atom stereocenters. The molecule has 1 saturated heterocycles. The molecule has 0 bridgehead atoms. The minimum absolute atomic E-state index is 0. The topological polar surface area (TPSA) is 112 Å². The summed E-state index contributed by atoms with van der Waals surface area (Å²) >= 11 is 0. The molecule has 37 heavy (non-hydrogen) atoms. The molecule has 1 fully saturated rings. The molecule has 2 N–H and O–H groups in total. The van der Waals surface area contributed by atoms with E-state index in [9.17, 15) is 18.5 Å². The van der Waals surface area contributed by atoms with Crippen LogP contribution < -0.4 is 14.8 Å². The molecule has 2 aliphatic heterocycles. The number of anilines is 1. The molecule has 8 nitrogen and oxygen atoms in total. The molecule has 2 aromatic carbocycles. The smallest absolute Gasteiger partial charge is 0.229 e. The number of halogens is 1. The van der Waals surface area contributed by atoms with Crippen LogP contribution in [0.15, 0.2) is 36.4 Å². The van der Waals surface area contributed by atoms with E-state index >= 15 is 0 Å². The van der Waals surface area contributed by atoms with Gasteiger partial charge in [-0.15, -0.1) is 12.4 Å². The average molecular weight is 545 g/mol. The molecule has 0 aromatic heterocycles. The molecule has 0 saturated carbocycles. The van der Waals surface area contributed by atoms with Gasteiger partial charge in [-0.2, -0.15) is 5.26 Å². The van der Waals surface area contributed by atoms with E-state index in [2.05, 4.69) is 27.1 Å². The number of nitrogens with zero attached hydrogens (tertiary/aromatic N) is 2. The third-order valence-corrected chi connectivity index (χ3v) is 8.34. The van der Waals surface area contributed by atoms with Crippen molar-refractivity contribution in [3.05, 3.63) is 58.7 Å². The van der Waals surface area contributed by atoms with Crippen molar-refractivity contribution in [2.75, 3.05) is 24.1 Å². The number of hydrogen-bond donors (Lipinski definition) is 2. The van der Waals surface area contributed by atoms with Crippen LogP contribution in [0.1, 0.15) is 60.9 Å². The summed E-state index contributed by atoms with van der Waals surface area (Å²) in [7, 11) is -3.41. The number of carbonyl (C=O) groups is 1. The van der Waals surface area contributed by atoms with Crippen LogP contribution in [0.25, 0.3) is 0 Å². The van der Waals surface area contributed by atoms with Crippen LogP contribution in [0.3, 0.4) is 0 Å². The number of ether oxygens (including phenoxy) is 1. The summed E-state index contributed by atoms with van der Waals surface area (Å²) in [5.41, 5.74) is 4.27. The van der Waals surface area contributed by atoms with Crippen molar-refractivity contribution in [2.24, 2.45) is 0 Å². The quantitative estimate of drug-likeness (QED) is 0.607. The van der Waals surface area contributed by atoms with Crippen LogP contribution in [0.5, 0.6) is 5.75 Å². The highest BCUT2D eigenvalue weighted by molar-refractivity contribution is 7.92. The highest BCUT2D eigenvalue weighted by atomic mass is 35.5. The molecule has 10 heteroatoms. The van der Waals surface area contributed by atoms with Crippen molar-refractivity contribution in [1.82, 2.24) is 10.2 Å². The van der Waals surface area contributed by atoms with Crippen LogP contribution in [-0.2, 0) is 27.7 Å². The Kier molecular flexibility index (Phi) is 7.75. The number of likely N-dealkylation sites (tertiary alicyclic amines) is 1. The Morgan fingerprint density at radius 1 is 1.16 bits per heavy atom. The predicted molar refractivity (Wildman–Crippen MR) is 144 cm³/mol. The number of benzene rings is 2. The fraction of sp³-hybridized carbons (Fsp3) is 0.481. The second-order valence-electron chi connectivity index (χ2n) is 10.4. The Hall–Kier alpha value is -2.80. The fourth-order valence-corrected chi connectivity index (χ4v) is 6.60. The van der Waals surface area contributed by atoms with E-state index in [-0.39, 0.29) is 30.0 Å². The van der Waals surface area contributed by atoms with Crippen molar-refractivity contribution >= 4 is 34.0 Å². The number of carbonyl (C=O) groups excluding carboxylic acids is 1. The minimum atomic E-state index is -3.41. The standard InChI is InChI=1S/C27H32N4O4S.ClH/c1-18(32)29-25-16-27(35-26-8-6-22(15-24(25)26)30-36(2,33)34)9-11-31(12-10-27)23-7-5-20-13-19(17-28)3-4-21(20)14-23;/h3-4,6,8,13,15,23,25,30H,5,7,9-12,14,16H2,1-2H3,(H,29,32);1H/t23-,25?;/m0./s1. The number of nitrogens with one attached hydrogen (secondary N) is 2. The van der Waals surface area contributed by atoms with Gasteiger partial charge in [0.1, 0.15) is 11.4 Å². The summed E-state index contributed by atoms with van der Waals surface area (Å²) < 4.78 is 32.5. The number of hydrogen-bond acceptors (Lipinski definition) is 6. The van der Waals surface area contributed by atoms with E-state index in [1.807, 2.05) is 12.1 Å². The SMILES string of the molecule is CC(=O)NC1CC2(CCN([C@H]3CCc4cc(C#N)ccc4C3)CC2)Oc2ccc(NS(C)(=O)=O)cc21.Cl. The number of fused-ring (bicyclic) bond motifs is 2. The molecule has 1 spiro atoms. The van der Waals surface area contributed by atoms with Gasteiger partial charge in [0.15, 0.2) is 0 Å². The molecule has 2 aromatic rings. The Morgan fingerprint density at radius 3 is 2.59 bits per heavy atom. The van der Waals surface area contributed by atoms with Crippen LogP contribution >= 0.6 is 12.4 Å². The Bertz CT molecular complexity index is 1330. The van der Waals surface area contributed by atoms with Gasteiger partial charge in [-0.3, -0.25) is 14.4 Å². The van der Waals surface area contributed by atoms with Crippen LogP contribution in [0.2, 0.25) is 0 Å². The van der Waals surface area contributed by atoms with E-state index in [0.717, 1.165) is 62.6 Å². The maximum atomic E-state index is 12.0. The summed E-state index contributed by atoms with van der Waals surface area (Å²) in [6.07, 6.45) is 6.58. The maximum absolute atomic E-state index is 12.0. The molecule has 198 valence electrons. The summed E-state index contributed by atoms with van der Waals surface area (Å²) in [4.78, 5) is 14.6. The fourth-order valence-electron chi connectivity index (χ4n) is 6.04. The van der Waals surface area contributed by atoms with Crippen molar-refractivity contribution in [3.8, 4) is 11.8 Å². The van der Waals surface area contributed by atoms with E-state index in [1.54, 1.807) is 18.2 Å². The van der Waals surface area contributed by atoms with E-state index in [1.165, 1.54) is 18.1 Å². The Labute approximate surface area is 224 Å². The van der Waals surface area contributed by atoms with Crippen LogP contribution in [0, 0.1) is 11.3 Å². The van der Waals surface area contributed by atoms with Gasteiger partial charge in [0, 0.05) is 43.7 Å². The maximum Gasteiger partial charge on any atom is 0.229 e. The normalized spacial score (nSPS) is 22.4. The van der Waals surface area contributed by atoms with Crippen LogP contribution in [0.4, 0.5) is 5.69 Å². The molecular weight excluding hydrogens is 512 g/mol. The van der Waals surface area contributed by atoms with Gasteiger partial charge in [0.25, 0.3) is 0 Å². The van der Waals surface area contributed by atoms with Gasteiger partial charge in [-0.1, -0.05) is 6.07 Å². The zero-order chi connectivity index (χ0) is 25.5. The Balaban J connectivity index is 0.00000320. The molecule has 3 aliphatic rings. The lowest BCUT2D eigenvalue weighted by atomic mass is 9.79. The number of sulfonamides is 1. The number of rotatable bonds is 4. The molecule has 1 unspecified atom stereocenters. The van der Waals surface area contributed by atoms with Gasteiger partial charge in [-0.25, -0.2) is 8.42 Å². The summed E-state index contributed by atoms with van der Waals surface area (Å²) in [5.74, 6) is 0.578. The minimum Gasteiger partial charge on any atom is -0.487 e. The molecule has 1 aliphatic carbocycles. The molecule has 2 heterocycles. The first kappa shape index (κ1) is 27.2. The number of aryl methyl sites for hydroxylation is 1. The van der Waals surface area contributed by atoms with E-state index < -0.39 is 10.0 Å². The van der Waals surface area contributed by atoms with Gasteiger partial charge < -0.3 is 10.1 Å². The van der Waals surface area contributed by atoms with Gasteiger partial charge >= 0.3 is 0 Å². The van der Waals surface area contributed by atoms with Gasteiger partial charge in [-0.05, 0) is 73.6 Å². The molecular formula is C27H33ClN4O4S. The zero-order valence-electron chi connectivity index (χ0n) is 21.1. The predicted octanol–water partition coefficient (Wildman–Crippen LogP) is 3.70. The highest BCUT2D eigenvalue weighted by Crippen LogP contribution is 2.45. The third kappa shape index (κ3) is 6.03.